The van der Waals surface area contributed by atoms with Crippen LogP contribution in [0.3, 0.4) is 0 Å². The zero-order valence-corrected chi connectivity index (χ0v) is 12.1. The van der Waals surface area contributed by atoms with Crippen LogP contribution in [-0.4, -0.2) is 24.9 Å². The van der Waals surface area contributed by atoms with Gasteiger partial charge in [0, 0.05) is 6.54 Å². The Morgan fingerprint density at radius 3 is 2.43 bits per heavy atom. The summed E-state index contributed by atoms with van der Waals surface area (Å²) in [6.07, 6.45) is -4.78. The van der Waals surface area contributed by atoms with Crippen LogP contribution in [0.5, 0.6) is 5.75 Å². The highest BCUT2D eigenvalue weighted by Crippen LogP contribution is 2.30. The van der Waals surface area contributed by atoms with Gasteiger partial charge in [0.25, 0.3) is 0 Å². The largest absolute Gasteiger partial charge is 0.573 e. The highest BCUT2D eigenvalue weighted by molar-refractivity contribution is 5.84. The molecule has 4 nitrogen and oxygen atoms in total. The molecule has 2 N–H and O–H groups in total. The molecule has 1 unspecified atom stereocenters. The number of carbonyl (C=O) groups excluding carboxylic acids is 1. The van der Waals surface area contributed by atoms with Crippen LogP contribution < -0.4 is 15.4 Å². The van der Waals surface area contributed by atoms with E-state index in [9.17, 15) is 18.0 Å². The summed E-state index contributed by atoms with van der Waals surface area (Å²) in [6, 6.07) is 4.92. The lowest BCUT2D eigenvalue weighted by Gasteiger charge is -2.19. The number of alkyl halides is 3. The van der Waals surface area contributed by atoms with Gasteiger partial charge in [-0.15, -0.1) is 13.2 Å². The molecule has 0 radical (unpaired) electrons. The second-order valence-electron chi connectivity index (χ2n) is 5.05. The number of para-hydroxylation sites is 2. The maximum atomic E-state index is 12.3. The van der Waals surface area contributed by atoms with Crippen molar-refractivity contribution in [3.05, 3.63) is 24.3 Å². The van der Waals surface area contributed by atoms with Crippen LogP contribution in [0.4, 0.5) is 18.9 Å². The molecule has 21 heavy (non-hydrogen) atoms. The summed E-state index contributed by atoms with van der Waals surface area (Å²) in [5.41, 5.74) is 0.113. The highest BCUT2D eigenvalue weighted by atomic mass is 19.4. The molecule has 0 heterocycles. The van der Waals surface area contributed by atoms with Crippen molar-refractivity contribution < 1.29 is 22.7 Å². The van der Waals surface area contributed by atoms with Gasteiger partial charge in [0.1, 0.15) is 6.04 Å². The Morgan fingerprint density at radius 1 is 1.24 bits per heavy atom. The van der Waals surface area contributed by atoms with Crippen molar-refractivity contribution in [2.24, 2.45) is 5.92 Å². The van der Waals surface area contributed by atoms with Crippen LogP contribution in [0.15, 0.2) is 24.3 Å². The van der Waals surface area contributed by atoms with Crippen LogP contribution in [0.1, 0.15) is 20.8 Å². The van der Waals surface area contributed by atoms with E-state index in [2.05, 4.69) is 15.4 Å². The molecule has 0 aromatic heterocycles. The maximum Gasteiger partial charge on any atom is 0.573 e. The molecule has 0 aliphatic carbocycles. The first-order valence-electron chi connectivity index (χ1n) is 6.58. The number of amides is 1. The Morgan fingerprint density at radius 2 is 1.86 bits per heavy atom. The van der Waals surface area contributed by atoms with E-state index in [4.69, 9.17) is 0 Å². The van der Waals surface area contributed by atoms with Gasteiger partial charge in [-0.3, -0.25) is 4.79 Å². The lowest BCUT2D eigenvalue weighted by atomic mass is 10.2. The molecule has 7 heteroatoms. The van der Waals surface area contributed by atoms with Gasteiger partial charge in [0.2, 0.25) is 5.91 Å². The summed E-state index contributed by atoms with van der Waals surface area (Å²) in [5, 5.41) is 5.42. The third-order valence-corrected chi connectivity index (χ3v) is 2.56. The van der Waals surface area contributed by atoms with Crippen molar-refractivity contribution in [2.45, 2.75) is 33.2 Å². The van der Waals surface area contributed by atoms with Crippen LogP contribution in [0.2, 0.25) is 0 Å². The van der Waals surface area contributed by atoms with Gasteiger partial charge >= 0.3 is 6.36 Å². The van der Waals surface area contributed by atoms with E-state index in [-0.39, 0.29) is 17.3 Å². The van der Waals surface area contributed by atoms with Crippen LogP contribution in [0.25, 0.3) is 0 Å². The van der Waals surface area contributed by atoms with Gasteiger partial charge in [-0.05, 0) is 25.0 Å². The number of ether oxygens (including phenoxy) is 1. The van der Waals surface area contributed by atoms with Gasteiger partial charge in [0.15, 0.2) is 5.75 Å². The lowest BCUT2D eigenvalue weighted by Crippen LogP contribution is -2.39. The highest BCUT2D eigenvalue weighted by Gasteiger charge is 2.32. The normalized spacial score (nSPS) is 12.9. The van der Waals surface area contributed by atoms with E-state index in [1.54, 1.807) is 13.0 Å². The average molecular weight is 304 g/mol. The summed E-state index contributed by atoms with van der Waals surface area (Å²) in [5.74, 6) is -0.360. The van der Waals surface area contributed by atoms with E-state index in [1.807, 2.05) is 13.8 Å². The fourth-order valence-corrected chi connectivity index (χ4v) is 1.56. The quantitative estimate of drug-likeness (QED) is 0.849. The first-order chi connectivity index (χ1) is 9.69. The number of nitrogens with one attached hydrogen (secondary N) is 2. The van der Waals surface area contributed by atoms with Crippen LogP contribution in [-0.2, 0) is 4.79 Å². The summed E-state index contributed by atoms with van der Waals surface area (Å²) >= 11 is 0. The Hall–Kier alpha value is -1.92. The van der Waals surface area contributed by atoms with Crippen LogP contribution in [0, 0.1) is 5.92 Å². The van der Waals surface area contributed by atoms with E-state index in [0.717, 1.165) is 0 Å². The second-order valence-corrected chi connectivity index (χ2v) is 5.05. The molecule has 0 fully saturated rings. The molecule has 0 saturated heterocycles. The summed E-state index contributed by atoms with van der Waals surface area (Å²) in [4.78, 5) is 11.8. The molecule has 0 aliphatic heterocycles. The van der Waals surface area contributed by atoms with E-state index >= 15 is 0 Å². The number of hydrogen-bond donors (Lipinski definition) is 2. The second kappa shape index (κ2) is 7.19. The number of anilines is 1. The monoisotopic (exact) mass is 304 g/mol. The average Bonchev–Trinajstić information content (AvgIpc) is 2.36. The van der Waals surface area contributed by atoms with Gasteiger partial charge in [0.05, 0.1) is 5.69 Å². The molecular formula is C14H19F3N2O2. The van der Waals surface area contributed by atoms with Gasteiger partial charge in [-0.25, -0.2) is 0 Å². The number of carbonyl (C=O) groups is 1. The molecule has 1 rings (SSSR count). The number of halogens is 3. The number of hydrogen-bond acceptors (Lipinski definition) is 3. The third-order valence-electron chi connectivity index (χ3n) is 2.56. The van der Waals surface area contributed by atoms with Gasteiger partial charge in [-0.2, -0.15) is 0 Å². The smallest absolute Gasteiger partial charge is 0.404 e. The minimum absolute atomic E-state index is 0.113. The first-order valence-corrected chi connectivity index (χ1v) is 6.58. The molecule has 118 valence electrons. The lowest BCUT2D eigenvalue weighted by molar-refractivity contribution is -0.274. The van der Waals surface area contributed by atoms with Crippen molar-refractivity contribution in [3.8, 4) is 5.75 Å². The van der Waals surface area contributed by atoms with E-state index < -0.39 is 12.4 Å². The predicted molar refractivity (Wildman–Crippen MR) is 74.1 cm³/mol. The van der Waals surface area contributed by atoms with Crippen molar-refractivity contribution in [2.75, 3.05) is 11.9 Å². The zero-order valence-electron chi connectivity index (χ0n) is 12.1. The number of rotatable bonds is 6. The Balaban J connectivity index is 2.71. The van der Waals surface area contributed by atoms with E-state index in [0.29, 0.717) is 12.5 Å². The topological polar surface area (TPSA) is 50.4 Å². The molecular weight excluding hydrogens is 285 g/mol. The predicted octanol–water partition coefficient (Wildman–Crippen LogP) is 3.16. The van der Waals surface area contributed by atoms with Gasteiger partial charge in [-0.1, -0.05) is 26.0 Å². The molecule has 0 spiro atoms. The standard InChI is InChI=1S/C14H19F3N2O2/c1-9(2)8-18-13(20)10(3)19-11-6-4-5-7-12(11)21-14(15,16)17/h4-7,9-10,19H,8H2,1-3H3,(H,18,20). The molecule has 0 aliphatic rings. The minimum Gasteiger partial charge on any atom is -0.404 e. The SMILES string of the molecule is CC(C)CNC(=O)C(C)Nc1ccccc1OC(F)(F)F. The molecule has 0 saturated carbocycles. The van der Waals surface area contributed by atoms with Crippen LogP contribution >= 0.6 is 0 Å². The van der Waals surface area contributed by atoms with Crippen molar-refractivity contribution in [1.82, 2.24) is 5.32 Å². The van der Waals surface area contributed by atoms with E-state index in [1.165, 1.54) is 18.2 Å². The molecule has 1 amide bonds. The summed E-state index contributed by atoms with van der Waals surface area (Å²) in [7, 11) is 0. The Kier molecular flexibility index (Phi) is 5.87. The molecule has 1 aromatic rings. The molecule has 1 atom stereocenters. The minimum atomic E-state index is -4.78. The molecule has 1 aromatic carbocycles. The fraction of sp³-hybridized carbons (Fsp3) is 0.500. The Bertz CT molecular complexity index is 476. The van der Waals surface area contributed by atoms with Crippen molar-refractivity contribution in [3.63, 3.8) is 0 Å². The fourth-order valence-electron chi connectivity index (χ4n) is 1.56. The zero-order chi connectivity index (χ0) is 16.0. The Labute approximate surface area is 121 Å². The first kappa shape index (κ1) is 17.1. The van der Waals surface area contributed by atoms with Crippen molar-refractivity contribution in [1.29, 1.82) is 0 Å². The maximum absolute atomic E-state index is 12.3. The van der Waals surface area contributed by atoms with Crippen molar-refractivity contribution >= 4 is 11.6 Å². The third kappa shape index (κ3) is 6.37. The summed E-state index contributed by atoms with van der Waals surface area (Å²) < 4.78 is 40.8. The summed E-state index contributed by atoms with van der Waals surface area (Å²) in [6.45, 7) is 5.97. The molecule has 0 bridgehead atoms. The number of benzene rings is 1. The van der Waals surface area contributed by atoms with Gasteiger partial charge < -0.3 is 15.4 Å².